The first-order valence-electron chi connectivity index (χ1n) is 11.5. The lowest BCUT2D eigenvalue weighted by Crippen LogP contribution is -2.11. The van der Waals surface area contributed by atoms with Crippen LogP contribution in [0.4, 0.5) is 5.13 Å². The van der Waals surface area contributed by atoms with Crippen LogP contribution in [-0.4, -0.2) is 10.9 Å². The van der Waals surface area contributed by atoms with Crippen LogP contribution in [-0.2, 0) is 13.0 Å². The van der Waals surface area contributed by atoms with Gasteiger partial charge in [-0.15, -0.1) is 11.3 Å². The largest absolute Gasteiger partial charge is 0.489 e. The van der Waals surface area contributed by atoms with E-state index in [-0.39, 0.29) is 11.5 Å². The second-order valence-electron chi connectivity index (χ2n) is 8.64. The summed E-state index contributed by atoms with van der Waals surface area (Å²) in [4.78, 5) is 29.8. The molecular weight excluding hydrogens is 472 g/mol. The molecule has 0 radical (unpaired) electrons. The number of anilines is 1. The van der Waals surface area contributed by atoms with Gasteiger partial charge in [0.05, 0.1) is 0 Å². The summed E-state index contributed by atoms with van der Waals surface area (Å²) < 4.78 is 11.1. The SMILES string of the molecule is Cc1cccc(Cc2cnc(NC(=O)c3ccc(COc4ccc5c(C)cc(=O)oc5c4)cc3)s2)c1. The number of hydrogen-bond acceptors (Lipinski definition) is 6. The van der Waals surface area contributed by atoms with Crippen molar-refractivity contribution in [2.24, 2.45) is 0 Å². The molecule has 0 spiro atoms. The van der Waals surface area contributed by atoms with E-state index in [9.17, 15) is 9.59 Å². The molecule has 5 rings (SSSR count). The molecule has 0 aliphatic carbocycles. The zero-order valence-electron chi connectivity index (χ0n) is 19.9. The maximum atomic E-state index is 12.7. The van der Waals surface area contributed by atoms with Crippen LogP contribution in [0.1, 0.15) is 37.5 Å². The molecule has 6 nitrogen and oxygen atoms in total. The number of hydrogen-bond donors (Lipinski definition) is 1. The molecule has 0 atom stereocenters. The van der Waals surface area contributed by atoms with Crippen LogP contribution >= 0.6 is 11.3 Å². The average Bonchev–Trinajstić information content (AvgIpc) is 3.29. The van der Waals surface area contributed by atoms with Crippen molar-refractivity contribution in [2.75, 3.05) is 5.32 Å². The summed E-state index contributed by atoms with van der Waals surface area (Å²) in [5.41, 5.74) is 4.86. The molecule has 0 aliphatic rings. The Morgan fingerprint density at radius 1 is 1.00 bits per heavy atom. The molecule has 0 aliphatic heterocycles. The first-order chi connectivity index (χ1) is 17.4. The minimum Gasteiger partial charge on any atom is -0.489 e. The molecule has 3 aromatic carbocycles. The standard InChI is InChI=1S/C29H24N2O4S/c1-18-4-3-5-21(12-18)14-24-16-30-29(36-24)31-28(33)22-8-6-20(7-9-22)17-34-23-10-11-25-19(2)13-27(32)35-26(25)15-23/h3-13,15-16H,14,17H2,1-2H3,(H,30,31,33). The predicted molar refractivity (Wildman–Crippen MR) is 142 cm³/mol. The number of nitrogens with one attached hydrogen (secondary N) is 1. The summed E-state index contributed by atoms with van der Waals surface area (Å²) >= 11 is 1.48. The van der Waals surface area contributed by atoms with E-state index in [1.807, 2.05) is 43.5 Å². The Kier molecular flexibility index (Phi) is 6.64. The Morgan fingerprint density at radius 2 is 1.83 bits per heavy atom. The number of carbonyl (C=O) groups is 1. The van der Waals surface area contributed by atoms with E-state index in [0.717, 1.165) is 27.8 Å². The molecule has 1 amide bonds. The normalized spacial score (nSPS) is 10.9. The topological polar surface area (TPSA) is 81.4 Å². The van der Waals surface area contributed by atoms with Crippen molar-refractivity contribution in [3.63, 3.8) is 0 Å². The van der Waals surface area contributed by atoms with Crippen LogP contribution in [0.2, 0.25) is 0 Å². The van der Waals surface area contributed by atoms with E-state index in [1.165, 1.54) is 28.5 Å². The third-order valence-corrected chi connectivity index (χ3v) is 6.69. The van der Waals surface area contributed by atoms with Gasteiger partial charge < -0.3 is 9.15 Å². The molecule has 2 aromatic heterocycles. The van der Waals surface area contributed by atoms with E-state index in [0.29, 0.717) is 28.6 Å². The van der Waals surface area contributed by atoms with Crippen molar-refractivity contribution in [1.82, 2.24) is 4.98 Å². The van der Waals surface area contributed by atoms with Gasteiger partial charge in [-0.1, -0.05) is 42.0 Å². The first kappa shape index (κ1) is 23.5. The first-order valence-corrected chi connectivity index (χ1v) is 12.3. The predicted octanol–water partition coefficient (Wildman–Crippen LogP) is 6.29. The van der Waals surface area contributed by atoms with Crippen molar-refractivity contribution in [2.45, 2.75) is 26.9 Å². The molecule has 0 unspecified atom stereocenters. The highest BCUT2D eigenvalue weighted by Crippen LogP contribution is 2.24. The third-order valence-electron chi connectivity index (χ3n) is 5.78. The van der Waals surface area contributed by atoms with E-state index < -0.39 is 0 Å². The summed E-state index contributed by atoms with van der Waals surface area (Å²) in [5.74, 6) is 0.391. The van der Waals surface area contributed by atoms with E-state index >= 15 is 0 Å². The Labute approximate surface area is 212 Å². The number of ether oxygens (including phenoxy) is 1. The monoisotopic (exact) mass is 496 g/mol. The fraction of sp³-hybridized carbons (Fsp3) is 0.138. The Morgan fingerprint density at radius 3 is 2.64 bits per heavy atom. The van der Waals surface area contributed by atoms with Gasteiger partial charge in [0.2, 0.25) is 0 Å². The van der Waals surface area contributed by atoms with Crippen LogP contribution in [0.15, 0.2) is 88.2 Å². The molecule has 2 heterocycles. The van der Waals surface area contributed by atoms with Gasteiger partial charge in [-0.2, -0.15) is 0 Å². The van der Waals surface area contributed by atoms with Gasteiger partial charge in [-0.3, -0.25) is 10.1 Å². The minimum absolute atomic E-state index is 0.209. The molecule has 36 heavy (non-hydrogen) atoms. The fourth-order valence-electron chi connectivity index (χ4n) is 3.95. The molecule has 0 saturated heterocycles. The summed E-state index contributed by atoms with van der Waals surface area (Å²) in [6.07, 6.45) is 2.59. The van der Waals surface area contributed by atoms with E-state index in [1.54, 1.807) is 18.2 Å². The van der Waals surface area contributed by atoms with Crippen LogP contribution < -0.4 is 15.7 Å². The summed E-state index contributed by atoms with van der Waals surface area (Å²) in [6, 6.07) is 22.5. The molecule has 180 valence electrons. The zero-order chi connectivity index (χ0) is 25.1. The van der Waals surface area contributed by atoms with Gasteiger partial charge >= 0.3 is 5.63 Å². The fourth-order valence-corrected chi connectivity index (χ4v) is 4.80. The van der Waals surface area contributed by atoms with Gasteiger partial charge in [-0.25, -0.2) is 9.78 Å². The molecule has 0 bridgehead atoms. The summed E-state index contributed by atoms with van der Waals surface area (Å²) in [7, 11) is 0. The quantitative estimate of drug-likeness (QED) is 0.268. The molecule has 1 N–H and O–H groups in total. The average molecular weight is 497 g/mol. The lowest BCUT2D eigenvalue weighted by molar-refractivity contribution is 0.102. The Balaban J connectivity index is 1.18. The number of carbonyl (C=O) groups excluding carboxylic acids is 1. The van der Waals surface area contributed by atoms with Gasteiger partial charge in [0.15, 0.2) is 5.13 Å². The second-order valence-corrected chi connectivity index (χ2v) is 9.76. The number of rotatable bonds is 7. The van der Waals surface area contributed by atoms with Crippen molar-refractivity contribution in [3.8, 4) is 5.75 Å². The van der Waals surface area contributed by atoms with E-state index in [2.05, 4.69) is 35.4 Å². The number of aromatic nitrogens is 1. The van der Waals surface area contributed by atoms with Gasteiger partial charge in [0, 0.05) is 40.6 Å². The number of fused-ring (bicyclic) bond motifs is 1. The smallest absolute Gasteiger partial charge is 0.336 e. The highest BCUT2D eigenvalue weighted by atomic mass is 32.1. The van der Waals surface area contributed by atoms with Crippen LogP contribution in [0.5, 0.6) is 5.75 Å². The molecule has 0 saturated carbocycles. The lowest BCUT2D eigenvalue weighted by Gasteiger charge is -2.08. The molecule has 5 aromatic rings. The summed E-state index contributed by atoms with van der Waals surface area (Å²) in [5, 5.41) is 4.33. The highest BCUT2D eigenvalue weighted by molar-refractivity contribution is 7.15. The number of aryl methyl sites for hydroxylation is 2. The number of amides is 1. The lowest BCUT2D eigenvalue weighted by atomic mass is 10.1. The minimum atomic E-state index is -0.383. The van der Waals surface area contributed by atoms with Crippen molar-refractivity contribution < 1.29 is 13.9 Å². The van der Waals surface area contributed by atoms with Crippen molar-refractivity contribution >= 4 is 33.3 Å². The maximum absolute atomic E-state index is 12.7. The van der Waals surface area contributed by atoms with E-state index in [4.69, 9.17) is 9.15 Å². The van der Waals surface area contributed by atoms with Gasteiger partial charge in [-0.05, 0) is 54.8 Å². The number of thiazole rings is 1. The van der Waals surface area contributed by atoms with Gasteiger partial charge in [0.25, 0.3) is 5.91 Å². The van der Waals surface area contributed by atoms with Crippen molar-refractivity contribution in [3.05, 3.63) is 122 Å². The second kappa shape index (κ2) is 10.2. The van der Waals surface area contributed by atoms with Crippen molar-refractivity contribution in [1.29, 1.82) is 0 Å². The maximum Gasteiger partial charge on any atom is 0.336 e. The number of nitrogens with zero attached hydrogens (tertiary/aromatic N) is 1. The molecule has 0 fully saturated rings. The zero-order valence-corrected chi connectivity index (χ0v) is 20.7. The van der Waals surface area contributed by atoms with Crippen LogP contribution in [0, 0.1) is 13.8 Å². The van der Waals surface area contributed by atoms with Crippen LogP contribution in [0.3, 0.4) is 0 Å². The van der Waals surface area contributed by atoms with Crippen LogP contribution in [0.25, 0.3) is 11.0 Å². The third kappa shape index (κ3) is 5.53. The number of benzene rings is 3. The summed E-state index contributed by atoms with van der Waals surface area (Å²) in [6.45, 7) is 4.26. The van der Waals surface area contributed by atoms with Gasteiger partial charge in [0.1, 0.15) is 17.9 Å². The highest BCUT2D eigenvalue weighted by Gasteiger charge is 2.10. The Hall–Kier alpha value is -4.23. The molecule has 7 heteroatoms. The molecular formula is C29H24N2O4S. The Bertz CT molecular complexity index is 1600.